The lowest BCUT2D eigenvalue weighted by Gasteiger charge is -2.18. The number of amides is 1. The molecule has 0 radical (unpaired) electrons. The average Bonchev–Trinajstić information content (AvgIpc) is 3.19. The molecule has 26 heavy (non-hydrogen) atoms. The molecule has 0 saturated heterocycles. The summed E-state index contributed by atoms with van der Waals surface area (Å²) in [6.07, 6.45) is 2.56. The van der Waals surface area contributed by atoms with Crippen molar-refractivity contribution >= 4 is 34.1 Å². The fourth-order valence-electron chi connectivity index (χ4n) is 2.97. The first-order chi connectivity index (χ1) is 12.4. The lowest BCUT2D eigenvalue weighted by atomic mass is 9.88. The number of carbonyl (C=O) groups is 2. The van der Waals surface area contributed by atoms with Gasteiger partial charge >= 0.3 is 11.9 Å². The maximum Gasteiger partial charge on any atom is 0.433 e. The van der Waals surface area contributed by atoms with Crippen LogP contribution in [0.25, 0.3) is 0 Å². The highest BCUT2D eigenvalue weighted by molar-refractivity contribution is 7.17. The summed E-state index contributed by atoms with van der Waals surface area (Å²) in [5.41, 5.74) is 1.31. The molecule has 1 aliphatic rings. The van der Waals surface area contributed by atoms with Gasteiger partial charge in [0.2, 0.25) is 0 Å². The van der Waals surface area contributed by atoms with E-state index in [1.54, 1.807) is 6.92 Å². The van der Waals surface area contributed by atoms with Crippen LogP contribution in [-0.2, 0) is 17.6 Å². The molecule has 1 aliphatic carbocycles. The van der Waals surface area contributed by atoms with Gasteiger partial charge in [-0.1, -0.05) is 6.92 Å². The summed E-state index contributed by atoms with van der Waals surface area (Å²) >= 11 is 1.35. The molecule has 9 heteroatoms. The van der Waals surface area contributed by atoms with Crippen molar-refractivity contribution in [2.75, 3.05) is 11.9 Å². The van der Waals surface area contributed by atoms with E-state index in [-0.39, 0.29) is 12.4 Å². The summed E-state index contributed by atoms with van der Waals surface area (Å²) in [6, 6.07) is 2.34. The van der Waals surface area contributed by atoms with Crippen molar-refractivity contribution in [3.05, 3.63) is 44.0 Å². The first-order valence-electron chi connectivity index (χ1n) is 8.28. The zero-order chi connectivity index (χ0) is 18.8. The van der Waals surface area contributed by atoms with Crippen LogP contribution in [0.1, 0.15) is 51.6 Å². The second-order valence-electron chi connectivity index (χ2n) is 6.13. The van der Waals surface area contributed by atoms with Crippen molar-refractivity contribution in [2.45, 2.75) is 33.1 Å². The lowest BCUT2D eigenvalue weighted by molar-refractivity contribution is -0.402. The number of fused-ring (bicyclic) bond motifs is 1. The van der Waals surface area contributed by atoms with Crippen molar-refractivity contribution < 1.29 is 23.7 Å². The van der Waals surface area contributed by atoms with E-state index in [2.05, 4.69) is 12.2 Å². The van der Waals surface area contributed by atoms with E-state index >= 15 is 0 Å². The van der Waals surface area contributed by atoms with Crippen LogP contribution in [0.5, 0.6) is 0 Å². The molecule has 0 aliphatic heterocycles. The molecule has 1 amide bonds. The summed E-state index contributed by atoms with van der Waals surface area (Å²) in [6.45, 7) is 4.10. The monoisotopic (exact) mass is 378 g/mol. The third-order valence-electron chi connectivity index (χ3n) is 4.21. The first-order valence-corrected chi connectivity index (χ1v) is 9.09. The third-order valence-corrected chi connectivity index (χ3v) is 5.38. The summed E-state index contributed by atoms with van der Waals surface area (Å²) in [5.74, 6) is -1.31. The predicted octanol–water partition coefficient (Wildman–Crippen LogP) is 3.80. The summed E-state index contributed by atoms with van der Waals surface area (Å²) in [7, 11) is 0. The number of rotatable bonds is 5. The molecule has 2 aromatic rings. The molecule has 0 saturated carbocycles. The van der Waals surface area contributed by atoms with Crippen molar-refractivity contribution in [1.82, 2.24) is 0 Å². The van der Waals surface area contributed by atoms with Gasteiger partial charge in [0, 0.05) is 4.88 Å². The molecule has 1 N–H and O–H groups in total. The van der Waals surface area contributed by atoms with Crippen LogP contribution >= 0.6 is 11.3 Å². The van der Waals surface area contributed by atoms with Crippen LogP contribution in [0.2, 0.25) is 0 Å². The van der Waals surface area contributed by atoms with Gasteiger partial charge in [0.05, 0.1) is 18.2 Å². The Morgan fingerprint density at radius 1 is 1.46 bits per heavy atom. The van der Waals surface area contributed by atoms with Gasteiger partial charge in [0.25, 0.3) is 5.91 Å². The molecule has 138 valence electrons. The first kappa shape index (κ1) is 18.1. The van der Waals surface area contributed by atoms with Crippen molar-refractivity contribution in [2.24, 2.45) is 5.92 Å². The molecule has 0 spiro atoms. The number of thiophene rings is 1. The third kappa shape index (κ3) is 3.48. The summed E-state index contributed by atoms with van der Waals surface area (Å²) < 4.78 is 10.1. The Hall–Kier alpha value is -2.68. The van der Waals surface area contributed by atoms with E-state index in [1.165, 1.54) is 17.4 Å². The van der Waals surface area contributed by atoms with Gasteiger partial charge in [-0.25, -0.2) is 4.79 Å². The van der Waals surface area contributed by atoms with E-state index in [9.17, 15) is 19.7 Å². The lowest BCUT2D eigenvalue weighted by Crippen LogP contribution is -2.16. The van der Waals surface area contributed by atoms with Gasteiger partial charge in [0.1, 0.15) is 9.92 Å². The summed E-state index contributed by atoms with van der Waals surface area (Å²) in [4.78, 5) is 35.8. The quantitative estimate of drug-likeness (QED) is 0.481. The molecule has 2 heterocycles. The largest absolute Gasteiger partial charge is 0.462 e. The minimum Gasteiger partial charge on any atom is -0.462 e. The number of furan rings is 1. The van der Waals surface area contributed by atoms with Gasteiger partial charge in [0.15, 0.2) is 5.76 Å². The van der Waals surface area contributed by atoms with Gasteiger partial charge in [-0.3, -0.25) is 14.9 Å². The molecular formula is C17H18N2O6S. The fraction of sp³-hybridized carbons (Fsp3) is 0.412. The summed E-state index contributed by atoms with van der Waals surface area (Å²) in [5, 5.41) is 13.7. The van der Waals surface area contributed by atoms with Crippen LogP contribution in [0.15, 0.2) is 16.5 Å². The van der Waals surface area contributed by atoms with Crippen LogP contribution in [0.4, 0.5) is 10.9 Å². The van der Waals surface area contributed by atoms with E-state index in [0.29, 0.717) is 16.5 Å². The van der Waals surface area contributed by atoms with Gasteiger partial charge in [-0.05, 0) is 43.7 Å². The highest BCUT2D eigenvalue weighted by Crippen LogP contribution is 2.40. The number of nitrogens with one attached hydrogen (secondary N) is 1. The Balaban J connectivity index is 1.91. The van der Waals surface area contributed by atoms with Crippen LogP contribution in [0, 0.1) is 16.0 Å². The van der Waals surface area contributed by atoms with Crippen molar-refractivity contribution in [3.63, 3.8) is 0 Å². The zero-order valence-electron chi connectivity index (χ0n) is 14.4. The Bertz CT molecular complexity index is 869. The number of hydrogen-bond donors (Lipinski definition) is 1. The fourth-order valence-corrected chi connectivity index (χ4v) is 4.36. The second kappa shape index (κ2) is 7.28. The molecule has 8 nitrogen and oxygen atoms in total. The Labute approximate surface area is 153 Å². The van der Waals surface area contributed by atoms with Crippen molar-refractivity contribution in [1.29, 1.82) is 0 Å². The molecule has 0 aromatic carbocycles. The highest BCUT2D eigenvalue weighted by atomic mass is 32.1. The highest BCUT2D eigenvalue weighted by Gasteiger charge is 2.30. The van der Waals surface area contributed by atoms with Crippen LogP contribution in [-0.4, -0.2) is 23.4 Å². The number of ether oxygens (including phenoxy) is 1. The normalized spacial score (nSPS) is 16.0. The Kier molecular flexibility index (Phi) is 5.08. The predicted molar refractivity (Wildman–Crippen MR) is 94.8 cm³/mol. The smallest absolute Gasteiger partial charge is 0.433 e. The maximum atomic E-state index is 12.4. The molecule has 1 atom stereocenters. The standard InChI is InChI=1S/C17H18N2O6S/c1-3-24-17(21)14-10-5-4-9(2)8-12(10)26-16(14)18-15(20)11-6-7-13(25-11)19(22)23/h6-7,9H,3-5,8H2,1-2H3,(H,18,20). The second-order valence-corrected chi connectivity index (χ2v) is 7.23. The molecular weight excluding hydrogens is 360 g/mol. The number of hydrogen-bond acceptors (Lipinski definition) is 7. The molecule has 0 bridgehead atoms. The van der Waals surface area contributed by atoms with Gasteiger partial charge in [-0.2, -0.15) is 0 Å². The Morgan fingerprint density at radius 3 is 2.88 bits per heavy atom. The van der Waals surface area contributed by atoms with Gasteiger partial charge < -0.3 is 14.5 Å². The average molecular weight is 378 g/mol. The SMILES string of the molecule is CCOC(=O)c1c(NC(=O)c2ccc([N+](=O)[O-])o2)sc2c1CCC(C)C2. The topological polar surface area (TPSA) is 112 Å². The van der Waals surface area contributed by atoms with E-state index in [4.69, 9.17) is 9.15 Å². The van der Waals surface area contributed by atoms with E-state index in [0.717, 1.165) is 35.8 Å². The molecule has 3 rings (SSSR count). The van der Waals surface area contributed by atoms with E-state index in [1.807, 2.05) is 0 Å². The molecule has 2 aromatic heterocycles. The molecule has 0 fully saturated rings. The number of nitrogens with zero attached hydrogens (tertiary/aromatic N) is 1. The number of nitro groups is 1. The number of carbonyl (C=O) groups excluding carboxylic acids is 2. The minimum absolute atomic E-state index is 0.189. The maximum absolute atomic E-state index is 12.4. The minimum atomic E-state index is -0.716. The van der Waals surface area contributed by atoms with Crippen molar-refractivity contribution in [3.8, 4) is 0 Å². The Morgan fingerprint density at radius 2 is 2.23 bits per heavy atom. The van der Waals surface area contributed by atoms with Gasteiger partial charge in [-0.15, -0.1) is 11.3 Å². The molecule has 1 unspecified atom stereocenters. The van der Waals surface area contributed by atoms with E-state index < -0.39 is 22.7 Å². The number of anilines is 1. The van der Waals surface area contributed by atoms with Crippen LogP contribution in [0.3, 0.4) is 0 Å². The zero-order valence-corrected chi connectivity index (χ0v) is 15.2. The van der Waals surface area contributed by atoms with Crippen LogP contribution < -0.4 is 5.32 Å². The number of esters is 1.